The molecule has 136 valence electrons. The lowest BCUT2D eigenvalue weighted by Gasteiger charge is -2.30. The number of amides is 3. The van der Waals surface area contributed by atoms with E-state index in [1.165, 1.54) is 0 Å². The number of carbonyl (C=O) groups excluding carboxylic acids is 3. The van der Waals surface area contributed by atoms with E-state index in [0.717, 1.165) is 25.7 Å². The number of esters is 1. The fraction of sp³-hybridized carbons (Fsp3) is 0.688. The first kappa shape index (κ1) is 19.8. The van der Waals surface area contributed by atoms with E-state index in [2.05, 4.69) is 27.3 Å². The molecular weight excluding hydrogens is 314 g/mol. The fourth-order valence-electron chi connectivity index (χ4n) is 2.49. The molecule has 0 aromatic rings. The minimum Gasteiger partial charge on any atom is -0.460 e. The highest BCUT2D eigenvalue weighted by Gasteiger charge is 2.25. The van der Waals surface area contributed by atoms with Gasteiger partial charge in [0.05, 0.1) is 6.61 Å². The third-order valence-electron chi connectivity index (χ3n) is 3.59. The van der Waals surface area contributed by atoms with Gasteiger partial charge in [0.1, 0.15) is 0 Å². The normalized spacial score (nSPS) is 19.8. The molecule has 8 nitrogen and oxygen atoms in total. The van der Waals surface area contributed by atoms with E-state index in [0.29, 0.717) is 13.0 Å². The van der Waals surface area contributed by atoms with Gasteiger partial charge in [-0.05, 0) is 45.6 Å². The Hall–Kier alpha value is -2.25. The van der Waals surface area contributed by atoms with E-state index in [-0.39, 0.29) is 30.5 Å². The molecule has 3 amide bonds. The van der Waals surface area contributed by atoms with E-state index < -0.39 is 12.1 Å². The summed E-state index contributed by atoms with van der Waals surface area (Å²) in [6.07, 6.45) is 3.27. The van der Waals surface area contributed by atoms with Gasteiger partial charge in [0, 0.05) is 18.6 Å². The Morgan fingerprint density at radius 3 is 2.42 bits per heavy atom. The van der Waals surface area contributed by atoms with Gasteiger partial charge in [-0.2, -0.15) is 0 Å². The van der Waals surface area contributed by atoms with Gasteiger partial charge in [-0.3, -0.25) is 0 Å². The zero-order valence-corrected chi connectivity index (χ0v) is 14.4. The van der Waals surface area contributed by atoms with E-state index in [1.807, 2.05) is 6.92 Å². The monoisotopic (exact) mass is 341 g/mol. The molecule has 1 aliphatic rings. The van der Waals surface area contributed by atoms with Gasteiger partial charge in [0.15, 0.2) is 0 Å². The van der Waals surface area contributed by atoms with Crippen LogP contribution in [0.25, 0.3) is 0 Å². The highest BCUT2D eigenvalue weighted by molar-refractivity contribution is 5.88. The molecule has 0 radical (unpaired) electrons. The van der Waals surface area contributed by atoms with Gasteiger partial charge in [-0.25, -0.2) is 14.4 Å². The zero-order valence-electron chi connectivity index (χ0n) is 14.4. The standard InChI is InChI=1S/C16H27N3O5/c1-4-9-17-15(21)18-12-7-6-8-13(10-12)19-16(22)24-11(3)14(20)23-5-2/h12-13H,3-10H2,1-2H3,(H,19,22)(H2,17,18,21). The Bertz CT molecular complexity index is 467. The number of carbonyl (C=O) groups is 3. The van der Waals surface area contributed by atoms with Crippen molar-refractivity contribution in [1.29, 1.82) is 0 Å². The SMILES string of the molecule is C=C(OC(=O)NC1CCCC(NC(=O)NCCC)C1)C(=O)OCC. The van der Waals surface area contributed by atoms with Crippen LogP contribution in [-0.2, 0) is 14.3 Å². The van der Waals surface area contributed by atoms with E-state index in [9.17, 15) is 14.4 Å². The predicted molar refractivity (Wildman–Crippen MR) is 88.3 cm³/mol. The van der Waals surface area contributed by atoms with Gasteiger partial charge in [-0.15, -0.1) is 0 Å². The van der Waals surface area contributed by atoms with Crippen LogP contribution in [0.2, 0.25) is 0 Å². The molecule has 0 bridgehead atoms. The Morgan fingerprint density at radius 1 is 1.12 bits per heavy atom. The number of nitrogens with one attached hydrogen (secondary N) is 3. The summed E-state index contributed by atoms with van der Waals surface area (Å²) in [6, 6.07) is -0.326. The number of ether oxygens (including phenoxy) is 2. The maximum Gasteiger partial charge on any atom is 0.413 e. The molecule has 0 aliphatic heterocycles. The lowest BCUT2D eigenvalue weighted by Crippen LogP contribution is -2.48. The minimum atomic E-state index is -0.761. The summed E-state index contributed by atoms with van der Waals surface area (Å²) < 4.78 is 9.51. The Kier molecular flexibility index (Phi) is 8.67. The summed E-state index contributed by atoms with van der Waals surface area (Å²) in [5.74, 6) is -1.11. The molecule has 24 heavy (non-hydrogen) atoms. The van der Waals surface area contributed by atoms with Crippen molar-refractivity contribution < 1.29 is 23.9 Å². The zero-order chi connectivity index (χ0) is 17.9. The molecule has 0 saturated heterocycles. The van der Waals surface area contributed by atoms with Crippen LogP contribution in [0.1, 0.15) is 46.0 Å². The molecule has 0 aromatic heterocycles. The molecule has 2 unspecified atom stereocenters. The van der Waals surface area contributed by atoms with Gasteiger partial charge < -0.3 is 25.4 Å². The number of rotatable bonds is 7. The van der Waals surface area contributed by atoms with Crippen LogP contribution in [0.4, 0.5) is 9.59 Å². The summed E-state index contributed by atoms with van der Waals surface area (Å²) >= 11 is 0. The molecule has 0 aromatic carbocycles. The van der Waals surface area contributed by atoms with Crippen molar-refractivity contribution in [3.8, 4) is 0 Å². The van der Waals surface area contributed by atoms with Crippen molar-refractivity contribution in [2.24, 2.45) is 0 Å². The van der Waals surface area contributed by atoms with Crippen LogP contribution in [0, 0.1) is 0 Å². The van der Waals surface area contributed by atoms with Crippen molar-refractivity contribution in [1.82, 2.24) is 16.0 Å². The average molecular weight is 341 g/mol. The van der Waals surface area contributed by atoms with Crippen LogP contribution >= 0.6 is 0 Å². The maximum absolute atomic E-state index is 11.8. The summed E-state index contributed by atoms with van der Waals surface area (Å²) in [5, 5.41) is 8.35. The molecule has 2 atom stereocenters. The first-order valence-electron chi connectivity index (χ1n) is 8.35. The molecule has 0 spiro atoms. The van der Waals surface area contributed by atoms with Gasteiger partial charge >= 0.3 is 18.1 Å². The Balaban J connectivity index is 2.36. The van der Waals surface area contributed by atoms with Crippen molar-refractivity contribution >= 4 is 18.1 Å². The molecule has 1 saturated carbocycles. The smallest absolute Gasteiger partial charge is 0.413 e. The topological polar surface area (TPSA) is 106 Å². The number of hydrogen-bond acceptors (Lipinski definition) is 5. The quantitative estimate of drug-likeness (QED) is 0.372. The first-order valence-corrected chi connectivity index (χ1v) is 8.35. The maximum atomic E-state index is 11.8. The number of alkyl carbamates (subject to hydrolysis) is 1. The lowest BCUT2D eigenvalue weighted by molar-refractivity contribution is -0.141. The van der Waals surface area contributed by atoms with Crippen LogP contribution in [0.3, 0.4) is 0 Å². The molecule has 1 fully saturated rings. The van der Waals surface area contributed by atoms with Gasteiger partial charge in [0.2, 0.25) is 5.76 Å². The van der Waals surface area contributed by atoms with Crippen molar-refractivity contribution in [2.75, 3.05) is 13.2 Å². The van der Waals surface area contributed by atoms with Crippen LogP contribution < -0.4 is 16.0 Å². The van der Waals surface area contributed by atoms with E-state index >= 15 is 0 Å². The van der Waals surface area contributed by atoms with E-state index in [4.69, 9.17) is 4.74 Å². The van der Waals surface area contributed by atoms with Crippen LogP contribution in [0.5, 0.6) is 0 Å². The first-order chi connectivity index (χ1) is 11.5. The average Bonchev–Trinajstić information content (AvgIpc) is 2.53. The number of hydrogen-bond donors (Lipinski definition) is 3. The fourth-order valence-corrected chi connectivity index (χ4v) is 2.49. The van der Waals surface area contributed by atoms with Gasteiger partial charge in [0.25, 0.3) is 0 Å². The molecular formula is C16H27N3O5. The predicted octanol–water partition coefficient (Wildman–Crippen LogP) is 1.81. The highest BCUT2D eigenvalue weighted by atomic mass is 16.6. The minimum absolute atomic E-state index is 0.00540. The second-order valence-corrected chi connectivity index (χ2v) is 5.64. The summed E-state index contributed by atoms with van der Waals surface area (Å²) in [6.45, 7) is 7.81. The summed E-state index contributed by atoms with van der Waals surface area (Å²) in [4.78, 5) is 34.8. The van der Waals surface area contributed by atoms with E-state index in [1.54, 1.807) is 6.92 Å². The summed E-state index contributed by atoms with van der Waals surface area (Å²) in [5.41, 5.74) is 0. The molecule has 1 aliphatic carbocycles. The molecule has 8 heteroatoms. The highest BCUT2D eigenvalue weighted by Crippen LogP contribution is 2.19. The second-order valence-electron chi connectivity index (χ2n) is 5.64. The second kappa shape index (κ2) is 10.5. The van der Waals surface area contributed by atoms with Crippen LogP contribution in [0.15, 0.2) is 12.3 Å². The summed E-state index contributed by atoms with van der Waals surface area (Å²) in [7, 11) is 0. The van der Waals surface area contributed by atoms with Gasteiger partial charge in [-0.1, -0.05) is 6.92 Å². The van der Waals surface area contributed by atoms with Crippen molar-refractivity contribution in [2.45, 2.75) is 58.0 Å². The third kappa shape index (κ3) is 7.34. The largest absolute Gasteiger partial charge is 0.460 e. The molecule has 0 heterocycles. The molecule has 1 rings (SSSR count). The van der Waals surface area contributed by atoms with Crippen molar-refractivity contribution in [3.63, 3.8) is 0 Å². The van der Waals surface area contributed by atoms with Crippen LogP contribution in [-0.4, -0.2) is 43.3 Å². The Labute approximate surface area is 142 Å². The number of urea groups is 1. The third-order valence-corrected chi connectivity index (χ3v) is 3.59. The lowest BCUT2D eigenvalue weighted by atomic mass is 9.91. The molecule has 3 N–H and O–H groups in total. The Morgan fingerprint density at radius 2 is 1.79 bits per heavy atom. The van der Waals surface area contributed by atoms with Crippen molar-refractivity contribution in [3.05, 3.63) is 12.3 Å².